The highest BCUT2D eigenvalue weighted by atomic mass is 32.2. The fourth-order valence-electron chi connectivity index (χ4n) is 2.92. The molecule has 8 heteroatoms. The number of hydrogen-bond acceptors (Lipinski definition) is 6. The zero-order valence-corrected chi connectivity index (χ0v) is 14.7. The average molecular weight is 362 g/mol. The molecular weight excluding hydrogens is 340 g/mol. The number of pyridine rings is 1. The molecule has 3 N–H and O–H groups in total. The lowest BCUT2D eigenvalue weighted by molar-refractivity contribution is 0.134. The van der Waals surface area contributed by atoms with Crippen molar-refractivity contribution in [1.29, 1.82) is 0 Å². The third-order valence-corrected chi connectivity index (χ3v) is 5.15. The molecule has 1 aliphatic rings. The number of rotatable bonds is 6. The smallest absolute Gasteiger partial charge is 0.238 e. The van der Waals surface area contributed by atoms with Crippen molar-refractivity contribution >= 4 is 10.0 Å². The minimum atomic E-state index is -3.67. The Labute approximate surface area is 147 Å². The van der Waals surface area contributed by atoms with E-state index in [1.165, 1.54) is 17.7 Å². The molecule has 7 nitrogen and oxygen atoms in total. The van der Waals surface area contributed by atoms with Crippen molar-refractivity contribution in [3.63, 3.8) is 0 Å². The van der Waals surface area contributed by atoms with Gasteiger partial charge in [-0.25, -0.2) is 13.6 Å². The quantitative estimate of drug-likeness (QED) is 0.787. The van der Waals surface area contributed by atoms with Gasteiger partial charge in [0.15, 0.2) is 0 Å². The van der Waals surface area contributed by atoms with Crippen molar-refractivity contribution in [3.05, 3.63) is 54.4 Å². The Kier molecular flexibility index (Phi) is 5.64. The first-order valence-electron chi connectivity index (χ1n) is 8.14. The second-order valence-electron chi connectivity index (χ2n) is 5.91. The first kappa shape index (κ1) is 17.8. The molecule has 2 heterocycles. The minimum Gasteiger partial charge on any atom is -0.492 e. The van der Waals surface area contributed by atoms with Gasteiger partial charge in [-0.2, -0.15) is 0 Å². The Hall–Kier alpha value is -2.00. The molecule has 1 atom stereocenters. The highest BCUT2D eigenvalue weighted by molar-refractivity contribution is 7.89. The molecule has 25 heavy (non-hydrogen) atoms. The van der Waals surface area contributed by atoms with E-state index in [0.29, 0.717) is 12.4 Å². The molecule has 0 amide bonds. The maximum atomic E-state index is 11.3. The van der Waals surface area contributed by atoms with Gasteiger partial charge in [-0.05, 0) is 35.9 Å². The molecular formula is C17H22N4O3S. The normalized spacial score (nSPS) is 18.8. The first-order chi connectivity index (χ1) is 12.0. The van der Waals surface area contributed by atoms with Crippen LogP contribution in [0.2, 0.25) is 0 Å². The second-order valence-corrected chi connectivity index (χ2v) is 7.47. The summed E-state index contributed by atoms with van der Waals surface area (Å²) < 4.78 is 28.3. The van der Waals surface area contributed by atoms with E-state index >= 15 is 0 Å². The molecule has 1 aliphatic heterocycles. The van der Waals surface area contributed by atoms with Crippen molar-refractivity contribution < 1.29 is 13.2 Å². The number of piperazine rings is 1. The molecule has 0 aliphatic carbocycles. The third-order valence-electron chi connectivity index (χ3n) is 4.22. The van der Waals surface area contributed by atoms with Crippen LogP contribution in [0, 0.1) is 0 Å². The fraction of sp³-hybridized carbons (Fsp3) is 0.353. The van der Waals surface area contributed by atoms with Gasteiger partial charge in [0.2, 0.25) is 10.0 Å². The van der Waals surface area contributed by atoms with E-state index in [4.69, 9.17) is 9.88 Å². The number of nitrogens with two attached hydrogens (primary N) is 1. The van der Waals surface area contributed by atoms with Gasteiger partial charge in [-0.15, -0.1) is 0 Å². The van der Waals surface area contributed by atoms with Gasteiger partial charge in [-0.1, -0.05) is 6.07 Å². The SMILES string of the molecule is NS(=O)(=O)c1ccc(OCCN2CCNCC2c2cccnc2)cc1. The van der Waals surface area contributed by atoms with Crippen LogP contribution in [0.1, 0.15) is 11.6 Å². The van der Waals surface area contributed by atoms with Crippen LogP contribution in [0.4, 0.5) is 0 Å². The number of nitrogens with one attached hydrogen (secondary N) is 1. The molecule has 1 unspecified atom stereocenters. The van der Waals surface area contributed by atoms with Crippen LogP contribution in [0.5, 0.6) is 5.75 Å². The van der Waals surface area contributed by atoms with Gasteiger partial charge < -0.3 is 10.1 Å². The van der Waals surface area contributed by atoms with Crippen LogP contribution in [-0.4, -0.2) is 51.1 Å². The molecule has 1 saturated heterocycles. The van der Waals surface area contributed by atoms with E-state index in [9.17, 15) is 8.42 Å². The zero-order chi connectivity index (χ0) is 17.7. The molecule has 0 spiro atoms. The molecule has 1 aromatic carbocycles. The zero-order valence-electron chi connectivity index (χ0n) is 13.8. The third kappa shape index (κ3) is 4.76. The molecule has 0 radical (unpaired) electrons. The van der Waals surface area contributed by atoms with Gasteiger partial charge >= 0.3 is 0 Å². The molecule has 134 valence electrons. The lowest BCUT2D eigenvalue weighted by atomic mass is 10.1. The summed E-state index contributed by atoms with van der Waals surface area (Å²) in [5.74, 6) is 0.625. The number of ether oxygens (including phenoxy) is 1. The predicted octanol–water partition coefficient (Wildman–Crippen LogP) is 0.754. The fourth-order valence-corrected chi connectivity index (χ4v) is 3.44. The Morgan fingerprint density at radius 1 is 1.28 bits per heavy atom. The molecule has 0 saturated carbocycles. The summed E-state index contributed by atoms with van der Waals surface area (Å²) in [6, 6.07) is 10.5. The second kappa shape index (κ2) is 7.92. The van der Waals surface area contributed by atoms with Crippen LogP contribution < -0.4 is 15.2 Å². The van der Waals surface area contributed by atoms with Gasteiger partial charge in [0.1, 0.15) is 12.4 Å². The lowest BCUT2D eigenvalue weighted by Gasteiger charge is -2.36. The van der Waals surface area contributed by atoms with E-state index in [1.807, 2.05) is 12.3 Å². The Bertz CT molecular complexity index is 781. The average Bonchev–Trinajstić information content (AvgIpc) is 2.63. The van der Waals surface area contributed by atoms with E-state index < -0.39 is 10.0 Å². The topological polar surface area (TPSA) is 97.5 Å². The van der Waals surface area contributed by atoms with Crippen LogP contribution in [-0.2, 0) is 10.0 Å². The van der Waals surface area contributed by atoms with Gasteiger partial charge in [0.05, 0.1) is 4.90 Å². The summed E-state index contributed by atoms with van der Waals surface area (Å²) in [5, 5.41) is 8.50. The molecule has 0 bridgehead atoms. The Morgan fingerprint density at radius 2 is 2.08 bits per heavy atom. The van der Waals surface area contributed by atoms with Gasteiger partial charge in [-0.3, -0.25) is 9.88 Å². The monoisotopic (exact) mass is 362 g/mol. The number of nitrogens with zero attached hydrogens (tertiary/aromatic N) is 2. The summed E-state index contributed by atoms with van der Waals surface area (Å²) in [5.41, 5.74) is 1.19. The van der Waals surface area contributed by atoms with E-state index in [2.05, 4.69) is 21.3 Å². The van der Waals surface area contributed by atoms with Crippen molar-refractivity contribution in [2.45, 2.75) is 10.9 Å². The standard InChI is InChI=1S/C17H22N4O3S/c18-25(22,23)16-5-3-15(4-6-16)24-11-10-21-9-8-20-13-17(21)14-2-1-7-19-12-14/h1-7,12,17,20H,8-11,13H2,(H2,18,22,23). The Balaban J connectivity index is 1.57. The van der Waals surface area contributed by atoms with Gasteiger partial charge in [0.25, 0.3) is 0 Å². The van der Waals surface area contributed by atoms with Crippen molar-refractivity contribution in [1.82, 2.24) is 15.2 Å². The number of sulfonamides is 1. The van der Waals surface area contributed by atoms with Crippen LogP contribution in [0.25, 0.3) is 0 Å². The summed E-state index contributed by atoms with van der Waals surface area (Å²) >= 11 is 0. The Morgan fingerprint density at radius 3 is 2.76 bits per heavy atom. The predicted molar refractivity (Wildman–Crippen MR) is 94.7 cm³/mol. The maximum Gasteiger partial charge on any atom is 0.238 e. The first-order valence-corrected chi connectivity index (χ1v) is 9.69. The number of primary sulfonamides is 1. The van der Waals surface area contributed by atoms with Crippen molar-refractivity contribution in [2.75, 3.05) is 32.8 Å². The number of hydrogen-bond donors (Lipinski definition) is 2. The van der Waals surface area contributed by atoms with Crippen molar-refractivity contribution in [3.8, 4) is 5.75 Å². The molecule has 1 fully saturated rings. The summed E-state index contributed by atoms with van der Waals surface area (Å²) in [4.78, 5) is 6.65. The lowest BCUT2D eigenvalue weighted by Crippen LogP contribution is -2.47. The highest BCUT2D eigenvalue weighted by Gasteiger charge is 2.23. The summed E-state index contributed by atoms with van der Waals surface area (Å²) in [6.07, 6.45) is 3.68. The highest BCUT2D eigenvalue weighted by Crippen LogP contribution is 2.21. The maximum absolute atomic E-state index is 11.3. The number of aromatic nitrogens is 1. The molecule has 2 aromatic rings. The number of benzene rings is 1. The molecule has 1 aromatic heterocycles. The van der Waals surface area contributed by atoms with Crippen molar-refractivity contribution in [2.24, 2.45) is 5.14 Å². The van der Waals surface area contributed by atoms with E-state index in [-0.39, 0.29) is 10.9 Å². The van der Waals surface area contributed by atoms with Crippen LogP contribution in [0.15, 0.2) is 53.7 Å². The minimum absolute atomic E-state index is 0.0820. The summed E-state index contributed by atoms with van der Waals surface area (Å²) in [6.45, 7) is 4.06. The van der Waals surface area contributed by atoms with E-state index in [1.54, 1.807) is 18.3 Å². The summed E-state index contributed by atoms with van der Waals surface area (Å²) in [7, 11) is -3.67. The van der Waals surface area contributed by atoms with Gasteiger partial charge in [0, 0.05) is 44.6 Å². The largest absolute Gasteiger partial charge is 0.492 e. The van der Waals surface area contributed by atoms with Crippen LogP contribution in [0.3, 0.4) is 0 Å². The molecule has 3 rings (SSSR count). The van der Waals surface area contributed by atoms with Crippen LogP contribution >= 0.6 is 0 Å². The van der Waals surface area contributed by atoms with E-state index in [0.717, 1.165) is 26.2 Å².